The normalized spacial score (nSPS) is 26.1. The third-order valence-electron chi connectivity index (χ3n) is 35.9. The number of likely N-dealkylation sites (tertiary alicyclic amines) is 6. The van der Waals surface area contributed by atoms with Gasteiger partial charge in [0, 0.05) is 197 Å². The molecule has 12 aliphatic rings. The molecule has 0 bridgehead atoms. The Balaban J connectivity index is 0.000000133. The SMILES string of the molecule is CCC[C@H](C)Nc1ncc2c(C3CCN(C(=O)C4CCCCC4)CC3)cn(C3CCC(O)CC3)c2n1.CCC[C@H](C)Nc1ncc2c(C3CCN(C(=O)C4CCCCC4)CC3)cn(C3CCC(O)CC3)c2n1.CCC[C@H](C)Nc1ncc2c(C3CCN(C(=O)C4CCCN(C)C4)CC3)cn(C3CCC(O)CC3)c2n1.CCC[C@H](C)Nc1ncc2c(C3CCN(C(=O)[C@H]4CCCN(C)C4)CC3)cn(C3CCC(O)CC3)c2n1. The monoisotopic (exact) mass is 2010 g/mol. The van der Waals surface area contributed by atoms with Gasteiger partial charge in [0.2, 0.25) is 47.4 Å². The zero-order chi connectivity index (χ0) is 102. The number of carbonyl (C=O) groups is 4. The number of amides is 4. The standard InChI is InChI=1S/2C29H46N6O2.2C29H45N5O2/c2*1-4-6-20(2)31-29-30-17-25-26(19-35(27(25)32-29)23-8-10-24(36)11-9-23)21-12-15-34(16-13-21)28(37)22-7-5-14-33(3)18-22;2*1-3-7-20(2)31-29-30-18-25-26(19-34(27(25)32-29)23-10-12-24(35)13-11-23)21-14-16-33(17-15-21)28(36)22-8-5-4-6-9-22/h2*17,19-24,36H,4-16,18H2,1-3H3,(H,30,31,32);2*18-24,35H,3-17H2,1-2H3,(H,30,31,32)/t20-,22?,23?,24?;20-,22-,23?,24?;2*20-,23?,24?/m0000/s1. The van der Waals surface area contributed by atoms with Gasteiger partial charge >= 0.3 is 0 Å². The topological polar surface area (TPSA) is 340 Å². The number of rotatable bonds is 28. The maximum Gasteiger partial charge on any atom is 0.226 e. The van der Waals surface area contributed by atoms with Crippen LogP contribution in [0.1, 0.15) is 421 Å². The van der Waals surface area contributed by atoms with Gasteiger partial charge in [-0.15, -0.1) is 0 Å². The van der Waals surface area contributed by atoms with Crippen LogP contribution in [0.2, 0.25) is 0 Å². The van der Waals surface area contributed by atoms with E-state index in [9.17, 15) is 39.6 Å². The Labute approximate surface area is 870 Å². The van der Waals surface area contributed by atoms with Gasteiger partial charge in [0.1, 0.15) is 22.6 Å². The van der Waals surface area contributed by atoms with E-state index < -0.39 is 0 Å². The fraction of sp³-hybridized carbons (Fsp3) is 0.759. The molecular weight excluding hydrogens is 1830 g/mol. The van der Waals surface area contributed by atoms with E-state index in [1.807, 2.05) is 24.8 Å². The van der Waals surface area contributed by atoms with E-state index >= 15 is 0 Å². The van der Waals surface area contributed by atoms with E-state index in [0.29, 0.717) is 119 Å². The number of aliphatic hydroxyl groups excluding tert-OH is 4. The Kier molecular flexibility index (Phi) is 38.6. The molecule has 14 heterocycles. The van der Waals surface area contributed by atoms with Crippen molar-refractivity contribution in [3.63, 3.8) is 0 Å². The summed E-state index contributed by atoms with van der Waals surface area (Å²) in [6.45, 7) is 28.3. The minimum absolute atomic E-state index is 0.160. The van der Waals surface area contributed by atoms with Crippen LogP contribution in [0, 0.1) is 23.7 Å². The zero-order valence-corrected chi connectivity index (χ0v) is 90.6. The van der Waals surface area contributed by atoms with Crippen LogP contribution < -0.4 is 21.3 Å². The van der Waals surface area contributed by atoms with E-state index in [2.05, 4.69) is 163 Å². The molecule has 30 nitrogen and oxygen atoms in total. The minimum Gasteiger partial charge on any atom is -0.393 e. The fourth-order valence-corrected chi connectivity index (χ4v) is 27.3. The second-order valence-electron chi connectivity index (χ2n) is 47.1. The van der Waals surface area contributed by atoms with Crippen molar-refractivity contribution in [3.8, 4) is 0 Å². The van der Waals surface area contributed by atoms with Gasteiger partial charge in [-0.05, 0) is 332 Å². The van der Waals surface area contributed by atoms with E-state index in [-0.39, 0.29) is 48.1 Å². The van der Waals surface area contributed by atoms with Gasteiger partial charge in [-0.25, -0.2) is 19.9 Å². The first kappa shape index (κ1) is 109. The lowest BCUT2D eigenvalue weighted by atomic mass is 9.86. The second kappa shape index (κ2) is 51.9. The van der Waals surface area contributed by atoms with Gasteiger partial charge in [-0.3, -0.25) is 19.2 Å². The number of aromatic nitrogens is 12. The number of anilines is 4. The molecule has 0 radical (unpaired) electrons. The summed E-state index contributed by atoms with van der Waals surface area (Å²) in [5.74, 6) is 6.85. The summed E-state index contributed by atoms with van der Waals surface area (Å²) in [5, 5.41) is 58.9. The lowest BCUT2D eigenvalue weighted by Gasteiger charge is -2.37. The van der Waals surface area contributed by atoms with Crippen LogP contribution >= 0.6 is 0 Å². The summed E-state index contributed by atoms with van der Waals surface area (Å²) in [7, 11) is 4.25. The third kappa shape index (κ3) is 27.3. The van der Waals surface area contributed by atoms with Crippen molar-refractivity contribution in [2.75, 3.05) is 114 Å². The number of piperidine rings is 6. The molecule has 8 aromatic rings. The van der Waals surface area contributed by atoms with Gasteiger partial charge in [-0.1, -0.05) is 91.9 Å². The first-order valence-corrected chi connectivity index (χ1v) is 58.7. The molecule has 4 amide bonds. The summed E-state index contributed by atoms with van der Waals surface area (Å²) in [6.07, 6.45) is 64.2. The molecule has 0 aromatic carbocycles. The highest BCUT2D eigenvalue weighted by molar-refractivity contribution is 5.86. The molecule has 20 rings (SSSR count). The highest BCUT2D eigenvalue weighted by Crippen LogP contribution is 2.47. The van der Waals surface area contributed by atoms with Crippen molar-refractivity contribution in [1.29, 1.82) is 0 Å². The van der Waals surface area contributed by atoms with Crippen LogP contribution in [0.15, 0.2) is 49.6 Å². The number of hydrogen-bond donors (Lipinski definition) is 8. The number of fused-ring (bicyclic) bond motifs is 4. The molecule has 804 valence electrons. The minimum atomic E-state index is -0.176. The van der Waals surface area contributed by atoms with Crippen LogP contribution in [0.5, 0.6) is 0 Å². The molecule has 8 aromatic heterocycles. The molecule has 1 unspecified atom stereocenters. The Bertz CT molecular complexity index is 5130. The number of carbonyl (C=O) groups excluding carboxylic acids is 4. The van der Waals surface area contributed by atoms with Crippen LogP contribution in [0.4, 0.5) is 23.8 Å². The van der Waals surface area contributed by atoms with Crippen molar-refractivity contribution < 1.29 is 39.6 Å². The summed E-state index contributed by atoms with van der Waals surface area (Å²) in [4.78, 5) is 105. The summed E-state index contributed by atoms with van der Waals surface area (Å²) < 4.78 is 9.52. The number of aliphatic hydroxyl groups is 4. The highest BCUT2D eigenvalue weighted by atomic mass is 16.3. The maximum atomic E-state index is 13.2. The van der Waals surface area contributed by atoms with E-state index in [1.54, 1.807) is 0 Å². The lowest BCUT2D eigenvalue weighted by molar-refractivity contribution is -0.139. The van der Waals surface area contributed by atoms with E-state index in [4.69, 9.17) is 39.9 Å². The maximum absolute atomic E-state index is 13.2. The molecule has 6 saturated heterocycles. The van der Waals surface area contributed by atoms with Gasteiger partial charge in [0.15, 0.2) is 0 Å². The molecule has 30 heteroatoms. The molecule has 8 N–H and O–H groups in total. The fourth-order valence-electron chi connectivity index (χ4n) is 27.3. The van der Waals surface area contributed by atoms with Gasteiger partial charge in [0.25, 0.3) is 0 Å². The van der Waals surface area contributed by atoms with E-state index in [1.165, 1.54) is 60.8 Å². The Morgan fingerprint density at radius 1 is 0.288 bits per heavy atom. The first-order valence-electron chi connectivity index (χ1n) is 58.7. The van der Waals surface area contributed by atoms with Crippen molar-refractivity contribution in [1.82, 2.24) is 87.5 Å². The van der Waals surface area contributed by atoms with Crippen molar-refractivity contribution >= 4 is 91.6 Å². The molecule has 6 aliphatic heterocycles. The molecule has 6 atom stereocenters. The summed E-state index contributed by atoms with van der Waals surface area (Å²) >= 11 is 0. The second-order valence-corrected chi connectivity index (χ2v) is 47.1. The zero-order valence-electron chi connectivity index (χ0n) is 90.6. The smallest absolute Gasteiger partial charge is 0.226 e. The van der Waals surface area contributed by atoms with Crippen LogP contribution in [0.25, 0.3) is 44.1 Å². The van der Waals surface area contributed by atoms with Crippen molar-refractivity contribution in [3.05, 3.63) is 71.8 Å². The van der Waals surface area contributed by atoms with Gasteiger partial charge in [0.05, 0.1) is 36.3 Å². The molecule has 6 saturated carbocycles. The molecule has 146 heavy (non-hydrogen) atoms. The summed E-state index contributed by atoms with van der Waals surface area (Å²) in [6, 6.07) is 2.81. The van der Waals surface area contributed by atoms with Crippen molar-refractivity contribution in [2.24, 2.45) is 23.7 Å². The van der Waals surface area contributed by atoms with Crippen LogP contribution in [-0.4, -0.2) is 273 Å². The predicted octanol–water partition coefficient (Wildman–Crippen LogP) is 20.7. The van der Waals surface area contributed by atoms with Crippen LogP contribution in [-0.2, 0) is 19.2 Å². The number of nitrogens with zero attached hydrogens (tertiary/aromatic N) is 18. The predicted molar refractivity (Wildman–Crippen MR) is 584 cm³/mol. The molecule has 6 aliphatic carbocycles. The Morgan fingerprint density at radius 3 is 0.712 bits per heavy atom. The highest BCUT2D eigenvalue weighted by Gasteiger charge is 2.41. The van der Waals surface area contributed by atoms with Gasteiger partial charge < -0.3 is 89.4 Å². The quantitative estimate of drug-likeness (QED) is 0.0226. The third-order valence-corrected chi connectivity index (χ3v) is 35.9. The summed E-state index contributed by atoms with van der Waals surface area (Å²) in [5.41, 5.74) is 9.42. The van der Waals surface area contributed by atoms with Crippen molar-refractivity contribution in [2.45, 2.75) is 447 Å². The van der Waals surface area contributed by atoms with Crippen LogP contribution in [0.3, 0.4) is 0 Å². The van der Waals surface area contributed by atoms with Gasteiger partial charge in [-0.2, -0.15) is 19.9 Å². The lowest BCUT2D eigenvalue weighted by Crippen LogP contribution is -2.46. The number of hydrogen-bond acceptors (Lipinski definition) is 22. The number of nitrogens with one attached hydrogen (secondary N) is 4. The van der Waals surface area contributed by atoms with E-state index in [0.717, 1.165) is 380 Å². The first-order chi connectivity index (χ1) is 70.9. The molecule has 0 spiro atoms. The average Bonchev–Trinajstić information content (AvgIpc) is 1.63. The largest absolute Gasteiger partial charge is 0.393 e. The average molecular weight is 2010 g/mol. The molecule has 12 fully saturated rings. The molecular formula is C116H182N22O8. The Morgan fingerprint density at radius 2 is 0.500 bits per heavy atom. The Hall–Kier alpha value is -8.68.